The Morgan fingerprint density at radius 1 is 0.400 bits per heavy atom. The maximum atomic E-state index is 12.9. The summed E-state index contributed by atoms with van der Waals surface area (Å²) in [7, 11) is 5.95. The molecular weight excluding hydrogens is 935 g/mol. The number of hydrogen-bond acceptors (Lipinski definition) is 7. The van der Waals surface area contributed by atoms with Crippen molar-refractivity contribution in [3.63, 3.8) is 0 Å². The van der Waals surface area contributed by atoms with Crippen LogP contribution < -0.4 is 0 Å². The Labute approximate surface area is 459 Å². The van der Waals surface area contributed by atoms with Crippen molar-refractivity contribution in [1.29, 1.82) is 0 Å². The van der Waals surface area contributed by atoms with Gasteiger partial charge < -0.3 is 28.5 Å². The van der Waals surface area contributed by atoms with Crippen LogP contribution in [0.3, 0.4) is 0 Å². The van der Waals surface area contributed by atoms with Crippen LogP contribution >= 0.6 is 0 Å². The van der Waals surface area contributed by atoms with Crippen molar-refractivity contribution in [2.75, 3.05) is 47.5 Å². The molecule has 0 aliphatic rings. The molecule has 0 heterocycles. The van der Waals surface area contributed by atoms with E-state index in [-0.39, 0.29) is 38.6 Å². The van der Waals surface area contributed by atoms with Gasteiger partial charge in [-0.1, -0.05) is 218 Å². The SMILES string of the molecule is CC/C=C\C/C=C\C/C=C\C/C=C\C/C=C\C/C=C\CCCCCCCCC(=O)OC(COC(=O)CCCCCCCCCCC/C=C\C/C=C\C/C=C\C/C=C\C/C=C\CC)COC(OCC[N+](C)(C)C)C(=O)O. The first kappa shape index (κ1) is 70.4. The van der Waals surface area contributed by atoms with Crippen LogP contribution in [-0.2, 0) is 33.3 Å². The lowest BCUT2D eigenvalue weighted by Gasteiger charge is -2.25. The lowest BCUT2D eigenvalue weighted by Crippen LogP contribution is -2.40. The minimum absolute atomic E-state index is 0.175. The molecule has 0 bridgehead atoms. The molecule has 0 aliphatic heterocycles. The van der Waals surface area contributed by atoms with E-state index in [1.807, 2.05) is 21.1 Å². The smallest absolute Gasteiger partial charge is 0.361 e. The van der Waals surface area contributed by atoms with Crippen LogP contribution in [0.15, 0.2) is 134 Å². The van der Waals surface area contributed by atoms with Crippen LogP contribution in [-0.4, -0.2) is 87.4 Å². The molecule has 0 aromatic rings. The summed E-state index contributed by atoms with van der Waals surface area (Å²) in [6.45, 7) is 4.61. The summed E-state index contributed by atoms with van der Waals surface area (Å²) in [5, 5.41) is 9.71. The van der Waals surface area contributed by atoms with Gasteiger partial charge in [0.05, 0.1) is 34.4 Å². The molecule has 75 heavy (non-hydrogen) atoms. The molecule has 0 spiro atoms. The minimum atomic E-state index is -1.53. The highest BCUT2D eigenvalue weighted by molar-refractivity contribution is 5.71. The number of nitrogens with zero attached hydrogens (tertiary/aromatic N) is 1. The summed E-state index contributed by atoms with van der Waals surface area (Å²) in [6, 6.07) is 0. The summed E-state index contributed by atoms with van der Waals surface area (Å²) < 4.78 is 22.9. The van der Waals surface area contributed by atoms with Gasteiger partial charge in [-0.05, 0) is 109 Å². The highest BCUT2D eigenvalue weighted by Crippen LogP contribution is 2.14. The van der Waals surface area contributed by atoms with Gasteiger partial charge in [0.2, 0.25) is 0 Å². The summed E-state index contributed by atoms with van der Waals surface area (Å²) in [5.74, 6) is -2.05. The first-order chi connectivity index (χ1) is 36.6. The van der Waals surface area contributed by atoms with Crippen molar-refractivity contribution in [1.82, 2.24) is 0 Å². The number of carbonyl (C=O) groups is 3. The van der Waals surface area contributed by atoms with Crippen molar-refractivity contribution >= 4 is 17.9 Å². The van der Waals surface area contributed by atoms with Gasteiger partial charge in [0.25, 0.3) is 6.29 Å². The molecule has 9 nitrogen and oxygen atoms in total. The summed E-state index contributed by atoms with van der Waals surface area (Å²) >= 11 is 0. The summed E-state index contributed by atoms with van der Waals surface area (Å²) in [6.07, 6.45) is 76.6. The van der Waals surface area contributed by atoms with Crippen molar-refractivity contribution in [3.8, 4) is 0 Å². The maximum absolute atomic E-state index is 12.9. The second kappa shape index (κ2) is 55.7. The zero-order valence-corrected chi connectivity index (χ0v) is 48.2. The number of hydrogen-bond donors (Lipinski definition) is 1. The Morgan fingerprint density at radius 2 is 0.720 bits per heavy atom. The van der Waals surface area contributed by atoms with Gasteiger partial charge in [-0.3, -0.25) is 9.59 Å². The van der Waals surface area contributed by atoms with Crippen molar-refractivity contribution in [2.24, 2.45) is 0 Å². The molecule has 0 rings (SSSR count). The lowest BCUT2D eigenvalue weighted by molar-refractivity contribution is -0.870. The third kappa shape index (κ3) is 57.0. The number of quaternary nitrogens is 1. The monoisotopic (exact) mass is 1040 g/mol. The van der Waals surface area contributed by atoms with Crippen molar-refractivity contribution in [3.05, 3.63) is 134 Å². The largest absolute Gasteiger partial charge is 0.477 e. The van der Waals surface area contributed by atoms with Crippen LogP contribution in [0, 0.1) is 0 Å². The molecule has 2 atom stereocenters. The average Bonchev–Trinajstić information content (AvgIpc) is 3.38. The molecule has 0 aliphatic carbocycles. The fourth-order valence-corrected chi connectivity index (χ4v) is 7.45. The standard InChI is InChI=1S/C66H107NO8/c1-6-8-10-12-14-16-18-20-22-24-26-28-30-32-34-36-38-40-42-44-46-48-50-52-54-56-63(68)73-60-62(61-74-66(65(70)71)72-59-58-67(3,4)5)75-64(69)57-55-53-51-49-47-45-43-41-39-37-35-33-31-29-27-25-23-21-19-17-15-13-11-9-7-2/h8-11,14-17,20-23,26-29,32-35,39,41,62,66H,6-7,12-13,18-19,24-25,30-31,36-38,40,42-61H2,1-5H3/p+1/b10-8-,11-9-,16-14-,17-15-,22-20-,23-21-,28-26-,29-27-,34-32-,35-33-,41-39-. The van der Waals surface area contributed by atoms with Gasteiger partial charge in [-0.15, -0.1) is 0 Å². The number of aliphatic carboxylic acids is 1. The van der Waals surface area contributed by atoms with Gasteiger partial charge in [0, 0.05) is 12.8 Å². The zero-order valence-electron chi connectivity index (χ0n) is 48.2. The molecule has 0 aromatic carbocycles. The Balaban J connectivity index is 4.33. The number of unbranched alkanes of at least 4 members (excludes halogenated alkanes) is 15. The van der Waals surface area contributed by atoms with Crippen molar-refractivity contribution < 1.29 is 42.9 Å². The number of esters is 2. The molecule has 2 unspecified atom stereocenters. The third-order valence-electron chi connectivity index (χ3n) is 11.9. The van der Waals surface area contributed by atoms with Gasteiger partial charge in [0.15, 0.2) is 6.10 Å². The molecule has 0 fully saturated rings. The van der Waals surface area contributed by atoms with Gasteiger partial charge in [-0.25, -0.2) is 4.79 Å². The maximum Gasteiger partial charge on any atom is 0.361 e. The topological polar surface area (TPSA) is 108 Å². The predicted molar refractivity (Wildman–Crippen MR) is 317 cm³/mol. The third-order valence-corrected chi connectivity index (χ3v) is 11.9. The van der Waals surface area contributed by atoms with E-state index in [1.54, 1.807) is 0 Å². The van der Waals surface area contributed by atoms with Crippen molar-refractivity contribution in [2.45, 2.75) is 219 Å². The van der Waals surface area contributed by atoms with E-state index in [0.717, 1.165) is 141 Å². The first-order valence-corrected chi connectivity index (χ1v) is 29.3. The van der Waals surface area contributed by atoms with Crippen LogP contribution in [0.4, 0.5) is 0 Å². The number of rotatable bonds is 52. The summed E-state index contributed by atoms with van der Waals surface area (Å²) in [4.78, 5) is 37.5. The number of carboxylic acid groups (broad SMARTS) is 1. The van der Waals surface area contributed by atoms with Gasteiger partial charge >= 0.3 is 17.9 Å². The second-order valence-corrected chi connectivity index (χ2v) is 20.2. The average molecular weight is 1040 g/mol. The Bertz CT molecular complexity index is 1690. The predicted octanol–water partition coefficient (Wildman–Crippen LogP) is 17.5. The quantitative estimate of drug-likeness (QED) is 0.0211. The molecule has 9 heteroatoms. The number of carbonyl (C=O) groups excluding carboxylic acids is 2. The minimum Gasteiger partial charge on any atom is -0.477 e. The fourth-order valence-electron chi connectivity index (χ4n) is 7.45. The summed E-state index contributed by atoms with van der Waals surface area (Å²) in [5.41, 5.74) is 0. The molecule has 0 radical (unpaired) electrons. The molecule has 424 valence electrons. The molecule has 0 aromatic heterocycles. The van der Waals surface area contributed by atoms with Crippen LogP contribution in [0.25, 0.3) is 0 Å². The van der Waals surface area contributed by atoms with Gasteiger partial charge in [-0.2, -0.15) is 0 Å². The van der Waals surface area contributed by atoms with Crippen LogP contribution in [0.5, 0.6) is 0 Å². The van der Waals surface area contributed by atoms with E-state index in [4.69, 9.17) is 18.9 Å². The van der Waals surface area contributed by atoms with E-state index in [1.165, 1.54) is 32.1 Å². The molecular formula is C66H108NO8+. The molecule has 0 saturated heterocycles. The van der Waals surface area contributed by atoms with Crippen LogP contribution in [0.1, 0.15) is 206 Å². The number of carboxylic acids is 1. The number of likely N-dealkylation sites (N-methyl/N-ethyl adjacent to an activating group) is 1. The number of ether oxygens (including phenoxy) is 4. The first-order valence-electron chi connectivity index (χ1n) is 29.3. The van der Waals surface area contributed by atoms with E-state index >= 15 is 0 Å². The lowest BCUT2D eigenvalue weighted by atomic mass is 10.1. The Kier molecular flexibility index (Phi) is 52.3. The highest BCUT2D eigenvalue weighted by atomic mass is 16.7. The molecule has 0 amide bonds. The normalized spacial score (nSPS) is 13.8. The number of allylic oxidation sites excluding steroid dienone is 22. The Hall–Kier alpha value is -4.57. The van der Waals surface area contributed by atoms with Crippen LogP contribution in [0.2, 0.25) is 0 Å². The second-order valence-electron chi connectivity index (χ2n) is 20.2. The highest BCUT2D eigenvalue weighted by Gasteiger charge is 2.25. The molecule has 1 N–H and O–H groups in total. The van der Waals surface area contributed by atoms with Gasteiger partial charge in [0.1, 0.15) is 13.2 Å². The zero-order chi connectivity index (χ0) is 54.8. The van der Waals surface area contributed by atoms with E-state index in [0.29, 0.717) is 17.4 Å². The Morgan fingerprint density at radius 3 is 1.07 bits per heavy atom. The van der Waals surface area contributed by atoms with E-state index in [9.17, 15) is 19.5 Å². The van der Waals surface area contributed by atoms with E-state index in [2.05, 4.69) is 148 Å². The fraction of sp³-hybridized carbons (Fsp3) is 0.621. The van der Waals surface area contributed by atoms with E-state index < -0.39 is 24.3 Å². The molecule has 0 saturated carbocycles.